The Morgan fingerprint density at radius 1 is 1.43 bits per heavy atom. The van der Waals surface area contributed by atoms with Gasteiger partial charge in [0, 0.05) is 25.7 Å². The number of esters is 1. The number of ether oxygens (including phenoxy) is 1. The summed E-state index contributed by atoms with van der Waals surface area (Å²) >= 11 is 0. The van der Waals surface area contributed by atoms with Gasteiger partial charge in [0.25, 0.3) is 0 Å². The average molecular weight is 322 g/mol. The lowest BCUT2D eigenvalue weighted by Gasteiger charge is -2.35. The Morgan fingerprint density at radius 2 is 2.13 bits per heavy atom. The van der Waals surface area contributed by atoms with Crippen LogP contribution in [0.5, 0.6) is 0 Å². The summed E-state index contributed by atoms with van der Waals surface area (Å²) in [5.74, 6) is -0.306. The topological polar surface area (TPSA) is 59.4 Å². The van der Waals surface area contributed by atoms with E-state index in [2.05, 4.69) is 29.3 Å². The van der Waals surface area contributed by atoms with E-state index in [4.69, 9.17) is 4.74 Å². The van der Waals surface area contributed by atoms with Crippen LogP contribution >= 0.6 is 0 Å². The van der Waals surface area contributed by atoms with E-state index in [1.54, 1.807) is 10.9 Å². The summed E-state index contributed by atoms with van der Waals surface area (Å²) < 4.78 is 7.23. The van der Waals surface area contributed by atoms with Crippen LogP contribution in [0.1, 0.15) is 56.6 Å². The number of nitrogens with zero attached hydrogens (tertiary/aromatic N) is 3. The van der Waals surface area contributed by atoms with Gasteiger partial charge in [-0.3, -0.25) is 4.68 Å². The number of hydrogen-bond acceptors (Lipinski definition) is 5. The summed E-state index contributed by atoms with van der Waals surface area (Å²) in [5.41, 5.74) is 0.933. The van der Waals surface area contributed by atoms with E-state index in [0.717, 1.165) is 25.1 Å². The molecule has 0 saturated carbocycles. The molecule has 1 fully saturated rings. The molecule has 130 valence electrons. The van der Waals surface area contributed by atoms with E-state index < -0.39 is 5.60 Å². The number of likely N-dealkylation sites (tertiary alicyclic amines) is 1. The van der Waals surface area contributed by atoms with Gasteiger partial charge in [-0.15, -0.1) is 0 Å². The van der Waals surface area contributed by atoms with Gasteiger partial charge in [0.05, 0.1) is 11.9 Å². The first-order valence-electron chi connectivity index (χ1n) is 8.35. The fourth-order valence-corrected chi connectivity index (χ4v) is 2.89. The monoisotopic (exact) mass is 322 g/mol. The average Bonchev–Trinajstić information content (AvgIpc) is 2.79. The lowest BCUT2D eigenvalue weighted by molar-refractivity contribution is 0.00678. The van der Waals surface area contributed by atoms with Gasteiger partial charge in [0.1, 0.15) is 11.2 Å². The van der Waals surface area contributed by atoms with Crippen molar-refractivity contribution in [3.05, 3.63) is 17.5 Å². The molecule has 0 aliphatic carbocycles. The largest absolute Gasteiger partial charge is 0.456 e. The molecule has 6 nitrogen and oxygen atoms in total. The molecule has 0 bridgehead atoms. The smallest absolute Gasteiger partial charge is 0.342 e. The predicted molar refractivity (Wildman–Crippen MR) is 90.3 cm³/mol. The molecule has 1 aliphatic heterocycles. The van der Waals surface area contributed by atoms with E-state index in [-0.39, 0.29) is 5.97 Å². The van der Waals surface area contributed by atoms with E-state index in [9.17, 15) is 4.79 Å². The van der Waals surface area contributed by atoms with E-state index in [1.807, 2.05) is 27.8 Å². The molecule has 1 aromatic rings. The van der Waals surface area contributed by atoms with Crippen molar-refractivity contribution >= 4 is 5.97 Å². The van der Waals surface area contributed by atoms with Gasteiger partial charge in [-0.05, 0) is 54.1 Å². The predicted octanol–water partition coefficient (Wildman–Crippen LogP) is 1.95. The molecular formula is C17H30N4O2. The second-order valence-corrected chi connectivity index (χ2v) is 7.56. The van der Waals surface area contributed by atoms with Crippen LogP contribution in [0.4, 0.5) is 0 Å². The molecule has 2 atom stereocenters. The van der Waals surface area contributed by atoms with Crippen LogP contribution in [0, 0.1) is 0 Å². The highest BCUT2D eigenvalue weighted by molar-refractivity contribution is 5.90. The molecule has 0 unspecified atom stereocenters. The first-order chi connectivity index (χ1) is 10.7. The molecule has 0 radical (unpaired) electrons. The first kappa shape index (κ1) is 17.9. The summed E-state index contributed by atoms with van der Waals surface area (Å²) in [5, 5.41) is 7.80. The van der Waals surface area contributed by atoms with Crippen molar-refractivity contribution in [2.24, 2.45) is 7.05 Å². The van der Waals surface area contributed by atoms with Gasteiger partial charge in [-0.25, -0.2) is 4.79 Å². The van der Waals surface area contributed by atoms with E-state index >= 15 is 0 Å². The standard InChI is InChI=1S/C17H30N4O2/c1-12-9-13(7-8-20(12)5)18-11-15-14(10-19-21(15)6)16(22)23-17(2,3)4/h10,12-13,18H,7-9,11H2,1-6H3/t12-,13+/m0/s1. The minimum atomic E-state index is -0.499. The number of rotatable bonds is 4. The number of carbonyl (C=O) groups excluding carboxylic acids is 1. The third kappa shape index (κ3) is 4.78. The highest BCUT2D eigenvalue weighted by Crippen LogP contribution is 2.18. The maximum atomic E-state index is 12.3. The van der Waals surface area contributed by atoms with Gasteiger partial charge in [-0.2, -0.15) is 5.10 Å². The lowest BCUT2D eigenvalue weighted by atomic mass is 9.99. The van der Waals surface area contributed by atoms with Crippen LogP contribution in [0.3, 0.4) is 0 Å². The maximum Gasteiger partial charge on any atom is 0.342 e. The number of piperidine rings is 1. The summed E-state index contributed by atoms with van der Waals surface area (Å²) in [7, 11) is 4.03. The number of hydrogen-bond donors (Lipinski definition) is 1. The zero-order valence-electron chi connectivity index (χ0n) is 15.2. The quantitative estimate of drug-likeness (QED) is 0.859. The Kier molecular flexibility index (Phi) is 5.47. The normalized spacial score (nSPS) is 23.0. The second-order valence-electron chi connectivity index (χ2n) is 7.56. The Hall–Kier alpha value is -1.40. The second kappa shape index (κ2) is 7.01. The summed E-state index contributed by atoms with van der Waals surface area (Å²) in [6.07, 6.45) is 3.85. The molecule has 2 rings (SSSR count). The molecule has 0 amide bonds. The van der Waals surface area contributed by atoms with Gasteiger partial charge < -0.3 is 15.0 Å². The zero-order chi connectivity index (χ0) is 17.2. The van der Waals surface area contributed by atoms with Gasteiger partial charge in [0.2, 0.25) is 0 Å². The SMILES string of the molecule is C[C@H]1C[C@H](NCc2c(C(=O)OC(C)(C)C)cnn2C)CCN1C. The molecule has 1 aromatic heterocycles. The van der Waals surface area contributed by atoms with Crippen molar-refractivity contribution in [3.8, 4) is 0 Å². The molecule has 1 saturated heterocycles. The van der Waals surface area contributed by atoms with Crippen molar-refractivity contribution in [1.82, 2.24) is 20.0 Å². The Labute approximate surface area is 139 Å². The van der Waals surface area contributed by atoms with Crippen LogP contribution < -0.4 is 5.32 Å². The Balaban J connectivity index is 2.00. The number of aryl methyl sites for hydroxylation is 1. The first-order valence-corrected chi connectivity index (χ1v) is 8.35. The summed E-state index contributed by atoms with van der Waals surface area (Å²) in [6, 6.07) is 1.06. The minimum absolute atomic E-state index is 0.306. The minimum Gasteiger partial charge on any atom is -0.456 e. The molecular weight excluding hydrogens is 292 g/mol. The fraction of sp³-hybridized carbons (Fsp3) is 0.765. The van der Waals surface area contributed by atoms with Crippen molar-refractivity contribution < 1.29 is 9.53 Å². The Bertz CT molecular complexity index is 547. The zero-order valence-corrected chi connectivity index (χ0v) is 15.2. The maximum absolute atomic E-state index is 12.3. The number of nitrogens with one attached hydrogen (secondary N) is 1. The number of aromatic nitrogens is 2. The molecule has 2 heterocycles. The van der Waals surface area contributed by atoms with Crippen molar-refractivity contribution in [2.75, 3.05) is 13.6 Å². The van der Waals surface area contributed by atoms with Crippen molar-refractivity contribution in [3.63, 3.8) is 0 Å². The number of carbonyl (C=O) groups is 1. The molecule has 23 heavy (non-hydrogen) atoms. The lowest BCUT2D eigenvalue weighted by Crippen LogP contribution is -2.45. The molecule has 0 aromatic carbocycles. The molecule has 1 aliphatic rings. The highest BCUT2D eigenvalue weighted by atomic mass is 16.6. The third-order valence-corrected chi connectivity index (χ3v) is 4.45. The van der Waals surface area contributed by atoms with Crippen molar-refractivity contribution in [1.29, 1.82) is 0 Å². The third-order valence-electron chi connectivity index (χ3n) is 4.45. The Morgan fingerprint density at radius 3 is 2.74 bits per heavy atom. The molecule has 6 heteroatoms. The van der Waals surface area contributed by atoms with Gasteiger partial charge >= 0.3 is 5.97 Å². The molecule has 0 spiro atoms. The van der Waals surface area contributed by atoms with E-state index in [0.29, 0.717) is 24.2 Å². The summed E-state index contributed by atoms with van der Waals surface area (Å²) in [4.78, 5) is 14.7. The summed E-state index contributed by atoms with van der Waals surface area (Å²) in [6.45, 7) is 9.61. The van der Waals surface area contributed by atoms with E-state index in [1.165, 1.54) is 0 Å². The highest BCUT2D eigenvalue weighted by Gasteiger charge is 2.25. The fourth-order valence-electron chi connectivity index (χ4n) is 2.89. The van der Waals surface area contributed by atoms with Crippen molar-refractivity contribution in [2.45, 2.75) is 64.8 Å². The van der Waals surface area contributed by atoms with Gasteiger partial charge in [0.15, 0.2) is 0 Å². The molecule has 1 N–H and O–H groups in total. The van der Waals surface area contributed by atoms with Crippen LogP contribution in [-0.4, -0.2) is 51.9 Å². The van der Waals surface area contributed by atoms with Crippen LogP contribution in [0.25, 0.3) is 0 Å². The van der Waals surface area contributed by atoms with Gasteiger partial charge in [-0.1, -0.05) is 0 Å². The van der Waals surface area contributed by atoms with Crippen LogP contribution in [0.15, 0.2) is 6.20 Å². The van der Waals surface area contributed by atoms with Crippen LogP contribution in [0.2, 0.25) is 0 Å². The van der Waals surface area contributed by atoms with Crippen LogP contribution in [-0.2, 0) is 18.3 Å².